The zero-order valence-corrected chi connectivity index (χ0v) is 17.6. The SMILES string of the molecule is O=[N+]([O-])c1cccc(F)c1F.[CH-]1CCC(C2CCCCC2)CC1.[Pr]. The van der Waals surface area contributed by atoms with Crippen molar-refractivity contribution in [1.29, 1.82) is 0 Å². The Morgan fingerprint density at radius 1 is 1.00 bits per heavy atom. The first-order valence-electron chi connectivity index (χ1n) is 8.49. The molecule has 0 spiro atoms. The van der Waals surface area contributed by atoms with Crippen molar-refractivity contribution in [1.82, 2.24) is 0 Å². The van der Waals surface area contributed by atoms with E-state index in [4.69, 9.17) is 0 Å². The number of nitro benzene ring substituents is 1. The first-order chi connectivity index (χ1) is 11.1. The molecule has 0 aliphatic heterocycles. The van der Waals surface area contributed by atoms with Crippen molar-refractivity contribution in [2.75, 3.05) is 0 Å². The van der Waals surface area contributed by atoms with Crippen LogP contribution in [0.3, 0.4) is 0 Å². The van der Waals surface area contributed by atoms with Crippen molar-refractivity contribution in [3.05, 3.63) is 46.4 Å². The van der Waals surface area contributed by atoms with Crippen LogP contribution >= 0.6 is 0 Å². The fourth-order valence-electron chi connectivity index (χ4n) is 3.66. The molecule has 3 nitrogen and oxygen atoms in total. The molecule has 2 aliphatic rings. The molecule has 3 rings (SSSR count). The van der Waals surface area contributed by atoms with Gasteiger partial charge in [-0.3, -0.25) is 10.1 Å². The second-order valence-corrected chi connectivity index (χ2v) is 6.43. The molecule has 131 valence electrons. The van der Waals surface area contributed by atoms with Crippen molar-refractivity contribution >= 4 is 5.69 Å². The number of nitrogens with zero attached hydrogens (tertiary/aromatic N) is 1. The molecular formula is C18H24F2NO2Pr-. The molecule has 1 aromatic carbocycles. The Balaban J connectivity index is 0.000000232. The Labute approximate surface area is 175 Å². The van der Waals surface area contributed by atoms with Gasteiger partial charge in [0.25, 0.3) is 0 Å². The van der Waals surface area contributed by atoms with Crippen LogP contribution < -0.4 is 0 Å². The van der Waals surface area contributed by atoms with Gasteiger partial charge in [-0.15, -0.1) is 0 Å². The normalized spacial score (nSPS) is 18.9. The van der Waals surface area contributed by atoms with Crippen molar-refractivity contribution in [3.8, 4) is 0 Å². The quantitative estimate of drug-likeness (QED) is 0.313. The van der Waals surface area contributed by atoms with Gasteiger partial charge in [-0.2, -0.15) is 17.2 Å². The summed E-state index contributed by atoms with van der Waals surface area (Å²) in [5, 5.41) is 9.97. The van der Waals surface area contributed by atoms with E-state index >= 15 is 0 Å². The molecule has 0 bridgehead atoms. The van der Waals surface area contributed by atoms with Gasteiger partial charge >= 0.3 is 5.69 Å². The van der Waals surface area contributed by atoms with Gasteiger partial charge in [-0.25, -0.2) is 4.39 Å². The van der Waals surface area contributed by atoms with Crippen LogP contribution in [-0.2, 0) is 0 Å². The molecule has 0 amide bonds. The Bertz CT molecular complexity index is 500. The summed E-state index contributed by atoms with van der Waals surface area (Å²) in [7, 11) is 0. The topological polar surface area (TPSA) is 43.1 Å². The van der Waals surface area contributed by atoms with Crippen LogP contribution in [0.1, 0.15) is 57.8 Å². The molecule has 2 fully saturated rings. The van der Waals surface area contributed by atoms with Gasteiger partial charge in [0.15, 0.2) is 5.82 Å². The van der Waals surface area contributed by atoms with E-state index in [-0.39, 0.29) is 41.3 Å². The zero-order chi connectivity index (χ0) is 16.7. The summed E-state index contributed by atoms with van der Waals surface area (Å²) in [6.07, 6.45) is 15.9. The predicted octanol–water partition coefficient (Wildman–Crippen LogP) is 5.83. The summed E-state index contributed by atoms with van der Waals surface area (Å²) >= 11 is 0. The maximum atomic E-state index is 12.4. The van der Waals surface area contributed by atoms with Gasteiger partial charge in [-0.1, -0.05) is 51.0 Å². The molecule has 0 N–H and O–H groups in total. The van der Waals surface area contributed by atoms with Gasteiger partial charge < -0.3 is 6.42 Å². The van der Waals surface area contributed by atoms with E-state index in [1.165, 1.54) is 44.9 Å². The van der Waals surface area contributed by atoms with Crippen LogP contribution in [0.4, 0.5) is 14.5 Å². The third kappa shape index (κ3) is 6.63. The monoisotopic (exact) mass is 465 g/mol. The third-order valence-corrected chi connectivity index (χ3v) is 4.93. The number of hydrogen-bond donors (Lipinski definition) is 0. The molecule has 0 unspecified atom stereocenters. The van der Waals surface area contributed by atoms with Gasteiger partial charge in [0, 0.05) is 47.4 Å². The van der Waals surface area contributed by atoms with E-state index in [0.29, 0.717) is 0 Å². The smallest absolute Gasteiger partial charge is 0.307 e. The second-order valence-electron chi connectivity index (χ2n) is 6.43. The molecule has 24 heavy (non-hydrogen) atoms. The van der Waals surface area contributed by atoms with Gasteiger partial charge in [-0.05, 0) is 17.9 Å². The molecule has 6 heteroatoms. The maximum absolute atomic E-state index is 12.4. The molecule has 2 saturated carbocycles. The predicted molar refractivity (Wildman–Crippen MR) is 85.8 cm³/mol. The van der Waals surface area contributed by atoms with Crippen LogP contribution in [0, 0.1) is 81.3 Å². The van der Waals surface area contributed by atoms with Crippen LogP contribution in [-0.4, -0.2) is 4.92 Å². The standard InChI is InChI=1S/C12H21.C6H3F2NO2.Pr/c1-3-7-11(8-4-1)12-9-5-2-6-10-12;7-4-2-1-3-5(6(4)8)9(10)11;/h1,11-12H,2-10H2;1-3H;/q-1;;. The van der Waals surface area contributed by atoms with Crippen LogP contribution in [0.5, 0.6) is 0 Å². The van der Waals surface area contributed by atoms with Crippen molar-refractivity contribution in [3.63, 3.8) is 0 Å². The minimum atomic E-state index is -1.42. The number of hydrogen-bond acceptors (Lipinski definition) is 2. The van der Waals surface area contributed by atoms with E-state index in [1.807, 2.05) is 0 Å². The van der Waals surface area contributed by atoms with E-state index in [1.54, 1.807) is 12.8 Å². The van der Waals surface area contributed by atoms with Crippen LogP contribution in [0.15, 0.2) is 18.2 Å². The number of halogens is 2. The Morgan fingerprint density at radius 3 is 2.12 bits per heavy atom. The molecule has 0 atom stereocenters. The van der Waals surface area contributed by atoms with E-state index in [2.05, 4.69) is 6.42 Å². The summed E-state index contributed by atoms with van der Waals surface area (Å²) in [6, 6.07) is 2.80. The van der Waals surface area contributed by atoms with Gasteiger partial charge in [0.05, 0.1) is 4.92 Å². The summed E-state index contributed by atoms with van der Waals surface area (Å²) in [6.45, 7) is 0. The average molecular weight is 465 g/mol. The molecular weight excluding hydrogens is 441 g/mol. The molecule has 1 radical (unpaired) electrons. The Morgan fingerprint density at radius 2 is 1.58 bits per heavy atom. The second kappa shape index (κ2) is 11.5. The molecule has 0 aromatic heterocycles. The maximum Gasteiger partial charge on any atom is 0.307 e. The average Bonchev–Trinajstić information content (AvgIpc) is 2.59. The summed E-state index contributed by atoms with van der Waals surface area (Å²) in [5.74, 6) is -0.403. The minimum absolute atomic E-state index is 0. The molecule has 1 aromatic rings. The third-order valence-electron chi connectivity index (χ3n) is 4.93. The Kier molecular flexibility index (Phi) is 10.4. The Hall–Kier alpha value is -0.156. The number of nitro groups is 1. The van der Waals surface area contributed by atoms with Crippen LogP contribution in [0.25, 0.3) is 0 Å². The minimum Gasteiger partial charge on any atom is -0.328 e. The zero-order valence-electron chi connectivity index (χ0n) is 13.9. The first-order valence-corrected chi connectivity index (χ1v) is 8.49. The van der Waals surface area contributed by atoms with E-state index in [9.17, 15) is 18.9 Å². The van der Waals surface area contributed by atoms with E-state index < -0.39 is 22.2 Å². The summed E-state index contributed by atoms with van der Waals surface area (Å²) in [5.41, 5.74) is -0.843. The van der Waals surface area contributed by atoms with Gasteiger partial charge in [0.1, 0.15) is 0 Å². The van der Waals surface area contributed by atoms with Crippen LogP contribution in [0.2, 0.25) is 0 Å². The number of benzene rings is 1. The molecule has 0 heterocycles. The van der Waals surface area contributed by atoms with Gasteiger partial charge in [0.2, 0.25) is 5.82 Å². The van der Waals surface area contributed by atoms with Crippen molar-refractivity contribution in [2.45, 2.75) is 57.8 Å². The molecule has 0 saturated heterocycles. The fourth-order valence-corrected chi connectivity index (χ4v) is 3.66. The summed E-state index contributed by atoms with van der Waals surface area (Å²) < 4.78 is 24.7. The number of rotatable bonds is 2. The fraction of sp³-hybridized carbons (Fsp3) is 0.611. The van der Waals surface area contributed by atoms with E-state index in [0.717, 1.165) is 30.0 Å². The van der Waals surface area contributed by atoms with Crippen molar-refractivity contribution in [2.24, 2.45) is 11.8 Å². The molecule has 2 aliphatic carbocycles. The van der Waals surface area contributed by atoms with Crippen molar-refractivity contribution < 1.29 is 55.0 Å². The summed E-state index contributed by atoms with van der Waals surface area (Å²) in [4.78, 5) is 9.00. The largest absolute Gasteiger partial charge is 0.328 e. The first kappa shape index (κ1) is 21.9.